The SMILES string of the molecule is CCNC(=NCc1nc(C(F)(F)F)cs1)NCC(C)c1ccccc1OC.I. The van der Waals surface area contributed by atoms with Crippen LogP contribution in [0.2, 0.25) is 0 Å². The topological polar surface area (TPSA) is 58.5 Å². The molecule has 2 aromatic rings. The van der Waals surface area contributed by atoms with Crippen LogP contribution in [0.15, 0.2) is 34.6 Å². The third-order valence-electron chi connectivity index (χ3n) is 3.80. The van der Waals surface area contributed by atoms with E-state index in [1.807, 2.05) is 31.2 Å². The van der Waals surface area contributed by atoms with E-state index in [2.05, 4.69) is 27.5 Å². The maximum atomic E-state index is 12.6. The number of thiazole rings is 1. The van der Waals surface area contributed by atoms with Crippen LogP contribution in [0.3, 0.4) is 0 Å². The molecule has 2 N–H and O–H groups in total. The minimum absolute atomic E-state index is 0. The number of aromatic nitrogens is 1. The van der Waals surface area contributed by atoms with Gasteiger partial charge in [0.1, 0.15) is 10.8 Å². The van der Waals surface area contributed by atoms with E-state index in [-0.39, 0.29) is 36.4 Å². The van der Waals surface area contributed by atoms with E-state index in [1.165, 1.54) is 0 Å². The molecule has 0 bridgehead atoms. The summed E-state index contributed by atoms with van der Waals surface area (Å²) in [4.78, 5) is 7.92. The molecule has 5 nitrogen and oxygen atoms in total. The lowest BCUT2D eigenvalue weighted by atomic mass is 10.0. The Morgan fingerprint density at radius 1 is 1.29 bits per heavy atom. The van der Waals surface area contributed by atoms with Gasteiger partial charge in [-0.3, -0.25) is 0 Å². The maximum absolute atomic E-state index is 12.6. The molecule has 0 radical (unpaired) electrons. The van der Waals surface area contributed by atoms with Gasteiger partial charge in [-0.2, -0.15) is 13.2 Å². The predicted molar refractivity (Wildman–Crippen MR) is 117 cm³/mol. The van der Waals surface area contributed by atoms with Crippen molar-refractivity contribution in [2.75, 3.05) is 20.2 Å². The Hall–Kier alpha value is -1.56. The van der Waals surface area contributed by atoms with Crippen molar-refractivity contribution in [3.05, 3.63) is 45.9 Å². The Labute approximate surface area is 183 Å². The number of hydrogen-bond acceptors (Lipinski definition) is 4. The molecule has 0 saturated carbocycles. The van der Waals surface area contributed by atoms with Crippen LogP contribution in [-0.2, 0) is 12.7 Å². The molecule has 0 aliphatic heterocycles. The normalized spacial score (nSPS) is 12.9. The number of aliphatic imine (C=N–C) groups is 1. The largest absolute Gasteiger partial charge is 0.496 e. The number of benzene rings is 1. The fraction of sp³-hybridized carbons (Fsp3) is 0.444. The van der Waals surface area contributed by atoms with Crippen LogP contribution in [0.1, 0.15) is 36.0 Å². The smallest absolute Gasteiger partial charge is 0.434 e. The van der Waals surface area contributed by atoms with E-state index in [0.717, 1.165) is 28.0 Å². The molecule has 0 amide bonds. The van der Waals surface area contributed by atoms with E-state index in [0.29, 0.717) is 24.1 Å². The van der Waals surface area contributed by atoms with Crippen molar-refractivity contribution in [3.8, 4) is 5.75 Å². The number of para-hydroxylation sites is 1. The average Bonchev–Trinajstić information content (AvgIpc) is 3.13. The summed E-state index contributed by atoms with van der Waals surface area (Å²) in [6.07, 6.45) is -4.43. The van der Waals surface area contributed by atoms with Gasteiger partial charge in [0.25, 0.3) is 0 Å². The number of methoxy groups -OCH3 is 1. The molecule has 1 atom stereocenters. The van der Waals surface area contributed by atoms with Crippen LogP contribution < -0.4 is 15.4 Å². The van der Waals surface area contributed by atoms with Gasteiger partial charge >= 0.3 is 6.18 Å². The molecule has 0 spiro atoms. The predicted octanol–water partition coefficient (Wildman–Crippen LogP) is 4.65. The van der Waals surface area contributed by atoms with Gasteiger partial charge in [-0.05, 0) is 18.6 Å². The lowest BCUT2D eigenvalue weighted by Crippen LogP contribution is -2.39. The average molecular weight is 528 g/mol. The van der Waals surface area contributed by atoms with Gasteiger partial charge in [0.05, 0.1) is 13.7 Å². The Balaban J connectivity index is 0.00000392. The fourth-order valence-electron chi connectivity index (χ4n) is 2.44. The zero-order chi connectivity index (χ0) is 19.9. The standard InChI is InChI=1S/C18H23F3N4OS.HI/c1-4-22-17(24-10-16-25-15(11-27-16)18(19,20)21)23-9-12(2)13-7-5-6-8-14(13)26-3;/h5-8,11-12H,4,9-10H2,1-3H3,(H2,22,23,24);1H. The Morgan fingerprint density at radius 3 is 2.61 bits per heavy atom. The van der Waals surface area contributed by atoms with E-state index in [4.69, 9.17) is 4.74 Å². The van der Waals surface area contributed by atoms with Gasteiger partial charge in [0.2, 0.25) is 0 Å². The first-order chi connectivity index (χ1) is 12.8. The number of nitrogens with one attached hydrogen (secondary N) is 2. The second-order valence-corrected chi connectivity index (χ2v) is 6.79. The van der Waals surface area contributed by atoms with E-state index < -0.39 is 11.9 Å². The van der Waals surface area contributed by atoms with Crippen LogP contribution in [0.4, 0.5) is 13.2 Å². The van der Waals surface area contributed by atoms with Crippen molar-refractivity contribution in [1.82, 2.24) is 15.6 Å². The molecule has 28 heavy (non-hydrogen) atoms. The van der Waals surface area contributed by atoms with Crippen LogP contribution >= 0.6 is 35.3 Å². The minimum atomic E-state index is -4.43. The number of ether oxygens (including phenoxy) is 1. The summed E-state index contributed by atoms with van der Waals surface area (Å²) in [6.45, 7) is 5.30. The van der Waals surface area contributed by atoms with Crippen molar-refractivity contribution in [3.63, 3.8) is 0 Å². The number of nitrogens with zero attached hydrogens (tertiary/aromatic N) is 2. The first-order valence-corrected chi connectivity index (χ1v) is 9.39. The molecule has 0 fully saturated rings. The molecular weight excluding hydrogens is 504 g/mol. The second kappa shape index (κ2) is 11.4. The number of alkyl halides is 3. The number of halogens is 4. The monoisotopic (exact) mass is 528 g/mol. The number of guanidine groups is 1. The summed E-state index contributed by atoms with van der Waals surface area (Å²) in [5, 5.41) is 7.63. The number of hydrogen-bond donors (Lipinski definition) is 2. The van der Waals surface area contributed by atoms with Crippen molar-refractivity contribution in [2.24, 2.45) is 4.99 Å². The van der Waals surface area contributed by atoms with Gasteiger partial charge in [-0.15, -0.1) is 35.3 Å². The Morgan fingerprint density at radius 2 is 2.00 bits per heavy atom. The molecular formula is C18H24F3IN4OS. The van der Waals surface area contributed by atoms with Crippen molar-refractivity contribution in [1.29, 1.82) is 0 Å². The van der Waals surface area contributed by atoms with Gasteiger partial charge in [0.15, 0.2) is 11.7 Å². The zero-order valence-corrected chi connectivity index (χ0v) is 19.0. The molecule has 0 aliphatic rings. The highest BCUT2D eigenvalue weighted by Crippen LogP contribution is 2.30. The summed E-state index contributed by atoms with van der Waals surface area (Å²) in [5.74, 6) is 1.50. The van der Waals surface area contributed by atoms with Crippen LogP contribution in [0.25, 0.3) is 0 Å². The highest BCUT2D eigenvalue weighted by molar-refractivity contribution is 14.0. The van der Waals surface area contributed by atoms with Gasteiger partial charge in [-0.25, -0.2) is 9.98 Å². The maximum Gasteiger partial charge on any atom is 0.434 e. The summed E-state index contributed by atoms with van der Waals surface area (Å²) in [6, 6.07) is 7.78. The summed E-state index contributed by atoms with van der Waals surface area (Å²) in [7, 11) is 1.63. The molecule has 1 unspecified atom stereocenters. The molecule has 0 saturated heterocycles. The summed E-state index contributed by atoms with van der Waals surface area (Å²) >= 11 is 0.952. The van der Waals surface area contributed by atoms with E-state index in [9.17, 15) is 13.2 Å². The second-order valence-electron chi connectivity index (χ2n) is 5.84. The van der Waals surface area contributed by atoms with Gasteiger partial charge in [-0.1, -0.05) is 25.1 Å². The van der Waals surface area contributed by atoms with Gasteiger partial charge in [0, 0.05) is 24.4 Å². The molecule has 2 rings (SSSR count). The van der Waals surface area contributed by atoms with Crippen molar-refractivity contribution >= 4 is 41.3 Å². The highest BCUT2D eigenvalue weighted by Gasteiger charge is 2.33. The van der Waals surface area contributed by atoms with Crippen molar-refractivity contribution in [2.45, 2.75) is 32.5 Å². The highest BCUT2D eigenvalue weighted by atomic mass is 127. The Kier molecular flexibility index (Phi) is 10.0. The minimum Gasteiger partial charge on any atom is -0.496 e. The molecule has 0 aliphatic carbocycles. The molecule has 1 heterocycles. The molecule has 1 aromatic carbocycles. The fourth-order valence-corrected chi connectivity index (χ4v) is 3.16. The third-order valence-corrected chi connectivity index (χ3v) is 4.64. The van der Waals surface area contributed by atoms with Gasteiger partial charge < -0.3 is 15.4 Å². The van der Waals surface area contributed by atoms with Crippen LogP contribution in [0.5, 0.6) is 5.75 Å². The van der Waals surface area contributed by atoms with E-state index >= 15 is 0 Å². The quantitative estimate of drug-likeness (QED) is 0.312. The first kappa shape index (κ1) is 24.5. The lowest BCUT2D eigenvalue weighted by molar-refractivity contribution is -0.140. The van der Waals surface area contributed by atoms with E-state index in [1.54, 1.807) is 7.11 Å². The molecule has 156 valence electrons. The summed E-state index contributed by atoms with van der Waals surface area (Å²) < 4.78 is 43.3. The molecule has 10 heteroatoms. The third kappa shape index (κ3) is 7.12. The first-order valence-electron chi connectivity index (χ1n) is 8.51. The molecule has 1 aromatic heterocycles. The van der Waals surface area contributed by atoms with Crippen molar-refractivity contribution < 1.29 is 17.9 Å². The zero-order valence-electron chi connectivity index (χ0n) is 15.8. The Bertz CT molecular complexity index is 767. The lowest BCUT2D eigenvalue weighted by Gasteiger charge is -2.18. The summed E-state index contributed by atoms with van der Waals surface area (Å²) in [5.41, 5.74) is 0.193. The number of rotatable bonds is 7. The van der Waals surface area contributed by atoms with Crippen LogP contribution in [0, 0.1) is 0 Å². The van der Waals surface area contributed by atoms with Crippen LogP contribution in [-0.4, -0.2) is 31.1 Å².